The second-order valence-corrected chi connectivity index (χ2v) is 4.44. The van der Waals surface area contributed by atoms with Crippen LogP contribution in [0.4, 0.5) is 0 Å². The molecule has 0 aromatic heterocycles. The fourth-order valence-corrected chi connectivity index (χ4v) is 2.22. The van der Waals surface area contributed by atoms with Crippen LogP contribution in [-0.4, -0.2) is 18.0 Å². The number of hydroxylamine groups is 2. The summed E-state index contributed by atoms with van der Waals surface area (Å²) in [6.07, 6.45) is 1.86. The molecule has 98 valence electrons. The average Bonchev–Trinajstić information content (AvgIpc) is 2.41. The van der Waals surface area contributed by atoms with E-state index in [0.29, 0.717) is 11.3 Å². The summed E-state index contributed by atoms with van der Waals surface area (Å²) in [6, 6.07) is 9.91. The second kappa shape index (κ2) is 5.24. The predicted octanol–water partition coefficient (Wildman–Crippen LogP) is 3.32. The van der Waals surface area contributed by atoms with E-state index in [9.17, 15) is 4.79 Å². The molecule has 0 bridgehead atoms. The molecule has 3 heteroatoms. The molecule has 1 aliphatic rings. The zero-order valence-electron chi connectivity index (χ0n) is 11.4. The summed E-state index contributed by atoms with van der Waals surface area (Å²) in [5.74, 6) is -0.0153. The van der Waals surface area contributed by atoms with Crippen molar-refractivity contribution in [3.63, 3.8) is 0 Å². The predicted molar refractivity (Wildman–Crippen MR) is 75.8 cm³/mol. The molecule has 1 aliphatic heterocycles. The van der Waals surface area contributed by atoms with Crippen LogP contribution in [-0.2, 0) is 9.63 Å². The summed E-state index contributed by atoms with van der Waals surface area (Å²) in [5.41, 5.74) is 4.07. The third kappa shape index (κ3) is 2.37. The van der Waals surface area contributed by atoms with Crippen LogP contribution in [0.25, 0.3) is 5.70 Å². The van der Waals surface area contributed by atoms with E-state index < -0.39 is 0 Å². The topological polar surface area (TPSA) is 29.5 Å². The van der Waals surface area contributed by atoms with Crippen molar-refractivity contribution < 1.29 is 9.63 Å². The number of benzene rings is 1. The molecular weight excluding hydrogens is 238 g/mol. The molecule has 0 saturated heterocycles. The van der Waals surface area contributed by atoms with Gasteiger partial charge < -0.3 is 0 Å². The van der Waals surface area contributed by atoms with Gasteiger partial charge in [0.15, 0.2) is 5.78 Å². The number of Topliss-reactive ketones (excluding diaryl/α,β-unsaturated/α-hetero) is 1. The van der Waals surface area contributed by atoms with Gasteiger partial charge in [-0.3, -0.25) is 9.63 Å². The van der Waals surface area contributed by atoms with Crippen LogP contribution < -0.4 is 0 Å². The smallest absolute Gasteiger partial charge is 0.161 e. The fraction of sp³-hybridized carbons (Fsp3) is 0.188. The summed E-state index contributed by atoms with van der Waals surface area (Å²) in [7, 11) is 1.57. The van der Waals surface area contributed by atoms with Crippen molar-refractivity contribution in [2.75, 3.05) is 7.11 Å². The molecule has 0 N–H and O–H groups in total. The molecular formula is C16H17NO2. The first-order valence-corrected chi connectivity index (χ1v) is 6.08. The van der Waals surface area contributed by atoms with Crippen molar-refractivity contribution in [2.45, 2.75) is 13.8 Å². The van der Waals surface area contributed by atoms with Gasteiger partial charge in [-0.05, 0) is 25.5 Å². The van der Waals surface area contributed by atoms with Crippen molar-refractivity contribution in [3.05, 3.63) is 65.4 Å². The lowest BCUT2D eigenvalue weighted by Crippen LogP contribution is -2.26. The Balaban J connectivity index is 2.60. The number of allylic oxidation sites excluding steroid dienone is 3. The third-order valence-electron chi connectivity index (χ3n) is 3.10. The zero-order valence-corrected chi connectivity index (χ0v) is 11.4. The standard InChI is InChI=1S/C16H17NO2/c1-11-10-15(13(3)18)12(2)17(19-4)16(11)14-8-6-5-7-9-14/h5-10H,2H2,1,3-4H3. The highest BCUT2D eigenvalue weighted by Gasteiger charge is 2.25. The van der Waals surface area contributed by atoms with Gasteiger partial charge in [0, 0.05) is 11.1 Å². The molecule has 0 aliphatic carbocycles. The van der Waals surface area contributed by atoms with Crippen LogP contribution in [0.15, 0.2) is 59.8 Å². The number of nitrogens with zero attached hydrogens (tertiary/aromatic N) is 1. The minimum Gasteiger partial charge on any atom is -0.294 e. The Hall–Kier alpha value is -2.13. The minimum atomic E-state index is -0.0153. The maximum absolute atomic E-state index is 11.6. The van der Waals surface area contributed by atoms with Crippen molar-refractivity contribution in [3.8, 4) is 0 Å². The van der Waals surface area contributed by atoms with Gasteiger partial charge in [-0.15, -0.1) is 0 Å². The van der Waals surface area contributed by atoms with Gasteiger partial charge in [0.1, 0.15) is 0 Å². The summed E-state index contributed by atoms with van der Waals surface area (Å²) in [6.45, 7) is 7.45. The van der Waals surface area contributed by atoms with Crippen LogP contribution in [0.1, 0.15) is 19.4 Å². The highest BCUT2D eigenvalue weighted by atomic mass is 16.7. The van der Waals surface area contributed by atoms with E-state index in [0.717, 1.165) is 16.8 Å². The quantitative estimate of drug-likeness (QED) is 0.829. The molecule has 0 atom stereocenters. The summed E-state index contributed by atoms with van der Waals surface area (Å²) in [5, 5.41) is 1.61. The molecule has 1 aromatic rings. The zero-order chi connectivity index (χ0) is 14.0. The average molecular weight is 255 g/mol. The first-order chi connectivity index (χ1) is 9.06. The Labute approximate surface area is 113 Å². The molecule has 1 heterocycles. The Kier molecular flexibility index (Phi) is 3.67. The lowest BCUT2D eigenvalue weighted by molar-refractivity contribution is -0.114. The summed E-state index contributed by atoms with van der Waals surface area (Å²) in [4.78, 5) is 17.0. The number of carbonyl (C=O) groups is 1. The van der Waals surface area contributed by atoms with Crippen LogP contribution in [0, 0.1) is 0 Å². The van der Waals surface area contributed by atoms with Crippen molar-refractivity contribution in [1.82, 2.24) is 5.06 Å². The summed E-state index contributed by atoms with van der Waals surface area (Å²) >= 11 is 0. The van der Waals surface area contributed by atoms with E-state index in [-0.39, 0.29) is 5.78 Å². The first kappa shape index (κ1) is 13.3. The Morgan fingerprint density at radius 1 is 1.26 bits per heavy atom. The maximum atomic E-state index is 11.6. The molecule has 3 nitrogen and oxygen atoms in total. The van der Waals surface area contributed by atoms with Gasteiger partial charge in [0.05, 0.1) is 18.5 Å². The molecule has 0 spiro atoms. The van der Waals surface area contributed by atoms with Gasteiger partial charge in [0.25, 0.3) is 0 Å². The van der Waals surface area contributed by atoms with Gasteiger partial charge in [-0.2, -0.15) is 0 Å². The van der Waals surface area contributed by atoms with Crippen molar-refractivity contribution >= 4 is 11.5 Å². The number of hydrogen-bond acceptors (Lipinski definition) is 3. The number of hydrogen-bond donors (Lipinski definition) is 0. The van der Waals surface area contributed by atoms with Gasteiger partial charge >= 0.3 is 0 Å². The lowest BCUT2D eigenvalue weighted by atomic mass is 9.97. The molecule has 19 heavy (non-hydrogen) atoms. The lowest BCUT2D eigenvalue weighted by Gasteiger charge is -2.32. The van der Waals surface area contributed by atoms with E-state index in [4.69, 9.17) is 4.84 Å². The molecule has 0 fully saturated rings. The second-order valence-electron chi connectivity index (χ2n) is 4.44. The van der Waals surface area contributed by atoms with Crippen LogP contribution >= 0.6 is 0 Å². The first-order valence-electron chi connectivity index (χ1n) is 6.08. The number of carbonyl (C=O) groups excluding carboxylic acids is 1. The molecule has 0 saturated carbocycles. The van der Waals surface area contributed by atoms with Gasteiger partial charge in [0.2, 0.25) is 0 Å². The number of ketones is 1. The van der Waals surface area contributed by atoms with Crippen molar-refractivity contribution in [2.24, 2.45) is 0 Å². The minimum absolute atomic E-state index is 0.0153. The Morgan fingerprint density at radius 2 is 1.89 bits per heavy atom. The van der Waals surface area contributed by atoms with Gasteiger partial charge in [-0.25, -0.2) is 5.06 Å². The van der Waals surface area contributed by atoms with Crippen molar-refractivity contribution in [1.29, 1.82) is 0 Å². The largest absolute Gasteiger partial charge is 0.294 e. The molecule has 1 aromatic carbocycles. The summed E-state index contributed by atoms with van der Waals surface area (Å²) < 4.78 is 0. The molecule has 0 unspecified atom stereocenters. The van der Waals surface area contributed by atoms with E-state index in [1.165, 1.54) is 6.92 Å². The highest BCUT2D eigenvalue weighted by Crippen LogP contribution is 2.34. The Morgan fingerprint density at radius 3 is 2.42 bits per heavy atom. The molecule has 0 radical (unpaired) electrons. The van der Waals surface area contributed by atoms with E-state index in [1.54, 1.807) is 12.2 Å². The van der Waals surface area contributed by atoms with E-state index in [1.807, 2.05) is 43.3 Å². The highest BCUT2D eigenvalue weighted by molar-refractivity contribution is 5.99. The number of rotatable bonds is 3. The third-order valence-corrected chi connectivity index (χ3v) is 3.10. The van der Waals surface area contributed by atoms with Crippen LogP contribution in [0.3, 0.4) is 0 Å². The monoisotopic (exact) mass is 255 g/mol. The molecule has 0 amide bonds. The van der Waals surface area contributed by atoms with E-state index in [2.05, 4.69) is 6.58 Å². The van der Waals surface area contributed by atoms with Crippen LogP contribution in [0.2, 0.25) is 0 Å². The molecule has 2 rings (SSSR count). The SMILES string of the molecule is C=C1C(C(C)=O)=CC(C)=C(c2ccccc2)N1OC. The van der Waals surface area contributed by atoms with E-state index >= 15 is 0 Å². The normalized spacial score (nSPS) is 15.6. The Bertz CT molecular complexity index is 582. The van der Waals surface area contributed by atoms with Gasteiger partial charge in [-0.1, -0.05) is 36.9 Å². The fourth-order valence-electron chi connectivity index (χ4n) is 2.22. The maximum Gasteiger partial charge on any atom is 0.161 e. The van der Waals surface area contributed by atoms with Crippen LogP contribution in [0.5, 0.6) is 0 Å².